The molecule has 21 heavy (non-hydrogen) atoms. The van der Waals surface area contributed by atoms with Gasteiger partial charge in [-0.25, -0.2) is 12.7 Å². The first-order valence-corrected chi connectivity index (χ1v) is 9.18. The highest BCUT2D eigenvalue weighted by Crippen LogP contribution is 2.29. The van der Waals surface area contributed by atoms with Gasteiger partial charge in [-0.3, -0.25) is 0 Å². The summed E-state index contributed by atoms with van der Waals surface area (Å²) in [6, 6.07) is 7.07. The lowest BCUT2D eigenvalue weighted by Crippen LogP contribution is -2.25. The van der Waals surface area contributed by atoms with Crippen LogP contribution in [0.4, 0.5) is 5.69 Å². The van der Waals surface area contributed by atoms with Crippen molar-refractivity contribution in [2.24, 2.45) is 5.92 Å². The van der Waals surface area contributed by atoms with Gasteiger partial charge in [-0.05, 0) is 43.7 Å². The number of nitrogens with zero attached hydrogens (tertiary/aromatic N) is 1. The van der Waals surface area contributed by atoms with Gasteiger partial charge in [-0.15, -0.1) is 11.6 Å². The number of anilines is 1. The molecule has 0 spiro atoms. The van der Waals surface area contributed by atoms with Gasteiger partial charge in [-0.2, -0.15) is 0 Å². The zero-order valence-electron chi connectivity index (χ0n) is 12.5. The summed E-state index contributed by atoms with van der Waals surface area (Å²) in [4.78, 5) is 0.334. The highest BCUT2D eigenvalue weighted by atomic mass is 35.5. The fourth-order valence-corrected chi connectivity index (χ4v) is 3.93. The Kier molecular flexibility index (Phi) is 5.52. The van der Waals surface area contributed by atoms with Crippen LogP contribution in [0.2, 0.25) is 0 Å². The molecule has 0 atom stereocenters. The molecule has 0 bridgehead atoms. The number of halogens is 1. The van der Waals surface area contributed by atoms with Gasteiger partial charge in [0.25, 0.3) is 0 Å². The van der Waals surface area contributed by atoms with Crippen LogP contribution in [-0.2, 0) is 10.0 Å². The van der Waals surface area contributed by atoms with Crippen LogP contribution in [0.3, 0.4) is 0 Å². The Bertz CT molecular complexity index is 567. The average molecular weight is 331 g/mol. The van der Waals surface area contributed by atoms with Crippen LogP contribution in [0.15, 0.2) is 29.2 Å². The Morgan fingerprint density at radius 1 is 1.19 bits per heavy atom. The maximum Gasteiger partial charge on any atom is 0.244 e. The molecule has 1 fully saturated rings. The zero-order chi connectivity index (χ0) is 15.5. The summed E-state index contributed by atoms with van der Waals surface area (Å²) in [6.45, 7) is 0.795. The first-order chi connectivity index (χ1) is 9.91. The van der Waals surface area contributed by atoms with E-state index in [1.807, 2.05) is 12.1 Å². The minimum Gasteiger partial charge on any atom is -0.384 e. The summed E-state index contributed by atoms with van der Waals surface area (Å²) in [5, 5.41) is 3.62. The van der Waals surface area contributed by atoms with Crippen LogP contribution >= 0.6 is 11.6 Å². The highest BCUT2D eigenvalue weighted by molar-refractivity contribution is 7.89. The van der Waals surface area contributed by atoms with Gasteiger partial charge in [0, 0.05) is 26.0 Å². The fourth-order valence-electron chi connectivity index (χ4n) is 2.61. The molecular weight excluding hydrogens is 308 g/mol. The quantitative estimate of drug-likeness (QED) is 0.844. The van der Waals surface area contributed by atoms with Gasteiger partial charge < -0.3 is 5.32 Å². The summed E-state index contributed by atoms with van der Waals surface area (Å²) >= 11 is 6.11. The van der Waals surface area contributed by atoms with Crippen molar-refractivity contribution in [2.45, 2.75) is 36.0 Å². The predicted molar refractivity (Wildman–Crippen MR) is 87.4 cm³/mol. The molecule has 6 heteroatoms. The topological polar surface area (TPSA) is 49.4 Å². The van der Waals surface area contributed by atoms with Gasteiger partial charge in [0.05, 0.1) is 5.69 Å². The third-order valence-corrected chi connectivity index (χ3v) is 6.31. The second kappa shape index (κ2) is 6.99. The molecule has 0 unspecified atom stereocenters. The summed E-state index contributed by atoms with van der Waals surface area (Å²) in [5.41, 5.74) is 0.680. The molecule has 1 saturated carbocycles. The number of nitrogens with one attached hydrogen (secondary N) is 1. The number of para-hydroxylation sites is 1. The third kappa shape index (κ3) is 4.11. The van der Waals surface area contributed by atoms with E-state index in [1.54, 1.807) is 26.2 Å². The second-order valence-corrected chi connectivity index (χ2v) is 8.52. The lowest BCUT2D eigenvalue weighted by atomic mass is 9.89. The van der Waals surface area contributed by atoms with Crippen LogP contribution in [0.1, 0.15) is 25.7 Å². The van der Waals surface area contributed by atoms with Crippen molar-refractivity contribution in [3.63, 3.8) is 0 Å². The van der Waals surface area contributed by atoms with Crippen LogP contribution in [0.25, 0.3) is 0 Å². The molecule has 0 aliphatic heterocycles. The summed E-state index contributed by atoms with van der Waals surface area (Å²) < 4.78 is 25.9. The lowest BCUT2D eigenvalue weighted by molar-refractivity contribution is 0.377. The summed E-state index contributed by atoms with van der Waals surface area (Å²) in [6.07, 6.45) is 4.30. The van der Waals surface area contributed by atoms with E-state index in [0.29, 0.717) is 21.9 Å². The number of hydrogen-bond donors (Lipinski definition) is 1. The minimum absolute atomic E-state index is 0.308. The number of sulfonamides is 1. The Morgan fingerprint density at radius 2 is 1.81 bits per heavy atom. The standard InChI is InChI=1S/C15H23ClN2O2S/c1-18(2)21(19,20)15-6-4-3-5-14(15)17-11-12-7-9-13(16)10-8-12/h3-6,12-13,17H,7-11H2,1-2H3. The Labute approximate surface area is 132 Å². The minimum atomic E-state index is -3.42. The number of alkyl halides is 1. The van der Waals surface area contributed by atoms with Crippen molar-refractivity contribution in [1.82, 2.24) is 4.31 Å². The summed E-state index contributed by atoms with van der Waals surface area (Å²) in [7, 11) is -0.321. The van der Waals surface area contributed by atoms with Crippen molar-refractivity contribution < 1.29 is 8.42 Å². The highest BCUT2D eigenvalue weighted by Gasteiger charge is 2.22. The molecule has 1 aromatic carbocycles. The maximum absolute atomic E-state index is 12.3. The van der Waals surface area contributed by atoms with Crippen molar-refractivity contribution in [1.29, 1.82) is 0 Å². The normalized spacial score (nSPS) is 23.2. The third-order valence-electron chi connectivity index (χ3n) is 4.00. The molecule has 118 valence electrons. The molecule has 1 aliphatic carbocycles. The van der Waals surface area contributed by atoms with Crippen LogP contribution in [0, 0.1) is 5.92 Å². The van der Waals surface area contributed by atoms with E-state index in [9.17, 15) is 8.42 Å². The van der Waals surface area contributed by atoms with E-state index in [2.05, 4.69) is 5.32 Å². The molecular formula is C15H23ClN2O2S. The zero-order valence-corrected chi connectivity index (χ0v) is 14.1. The van der Waals surface area contributed by atoms with Gasteiger partial charge in [0.15, 0.2) is 0 Å². The largest absolute Gasteiger partial charge is 0.384 e. The molecule has 1 aliphatic rings. The number of rotatable bonds is 5. The SMILES string of the molecule is CN(C)S(=O)(=O)c1ccccc1NCC1CCC(Cl)CC1. The predicted octanol–water partition coefficient (Wildman–Crippen LogP) is 3.15. The second-order valence-electron chi connectivity index (χ2n) is 5.78. The molecule has 0 radical (unpaired) electrons. The Hall–Kier alpha value is -0.780. The fraction of sp³-hybridized carbons (Fsp3) is 0.600. The van der Waals surface area contributed by atoms with Crippen molar-refractivity contribution >= 4 is 27.3 Å². The van der Waals surface area contributed by atoms with E-state index in [0.717, 1.165) is 32.2 Å². The molecule has 0 aromatic heterocycles. The monoisotopic (exact) mass is 330 g/mol. The lowest BCUT2D eigenvalue weighted by Gasteiger charge is -2.26. The van der Waals surface area contributed by atoms with Crippen molar-refractivity contribution in [2.75, 3.05) is 26.0 Å². The van der Waals surface area contributed by atoms with Crippen molar-refractivity contribution in [3.8, 4) is 0 Å². The number of benzene rings is 1. The van der Waals surface area contributed by atoms with E-state index in [1.165, 1.54) is 4.31 Å². The molecule has 2 rings (SSSR count). The van der Waals surface area contributed by atoms with E-state index in [4.69, 9.17) is 11.6 Å². The average Bonchev–Trinajstić information content (AvgIpc) is 2.47. The smallest absolute Gasteiger partial charge is 0.244 e. The van der Waals surface area contributed by atoms with E-state index < -0.39 is 10.0 Å². The molecule has 1 aromatic rings. The van der Waals surface area contributed by atoms with Gasteiger partial charge in [-0.1, -0.05) is 12.1 Å². The molecule has 0 amide bonds. The maximum atomic E-state index is 12.3. The van der Waals surface area contributed by atoms with Gasteiger partial charge >= 0.3 is 0 Å². The van der Waals surface area contributed by atoms with Crippen molar-refractivity contribution in [3.05, 3.63) is 24.3 Å². The summed E-state index contributed by atoms with van der Waals surface area (Å²) in [5.74, 6) is 0.565. The van der Waals surface area contributed by atoms with E-state index >= 15 is 0 Å². The molecule has 4 nitrogen and oxygen atoms in total. The Morgan fingerprint density at radius 3 is 2.43 bits per heavy atom. The van der Waals surface area contributed by atoms with E-state index in [-0.39, 0.29) is 0 Å². The number of hydrogen-bond acceptors (Lipinski definition) is 3. The van der Waals surface area contributed by atoms with Crippen LogP contribution in [0.5, 0.6) is 0 Å². The Balaban J connectivity index is 2.07. The first kappa shape index (κ1) is 16.6. The molecule has 0 heterocycles. The molecule has 1 N–H and O–H groups in total. The first-order valence-electron chi connectivity index (χ1n) is 7.30. The molecule has 0 saturated heterocycles. The van der Waals surface area contributed by atoms with Gasteiger partial charge in [0.2, 0.25) is 10.0 Å². The van der Waals surface area contributed by atoms with Crippen LogP contribution in [-0.4, -0.2) is 38.7 Å². The van der Waals surface area contributed by atoms with Gasteiger partial charge in [0.1, 0.15) is 4.90 Å². The van der Waals surface area contributed by atoms with Crippen LogP contribution < -0.4 is 5.32 Å².